The van der Waals surface area contributed by atoms with Gasteiger partial charge in [-0.05, 0) is 50.1 Å². The zero-order chi connectivity index (χ0) is 15.6. The monoisotopic (exact) mass is 283 g/mol. The van der Waals surface area contributed by atoms with Crippen molar-refractivity contribution in [2.45, 2.75) is 34.1 Å². The molecule has 1 N–H and O–H groups in total. The van der Waals surface area contributed by atoms with E-state index in [2.05, 4.69) is 4.98 Å². The average Bonchev–Trinajstić information content (AvgIpc) is 2.80. The Morgan fingerprint density at radius 3 is 2.62 bits per heavy atom. The molecule has 1 heterocycles. The van der Waals surface area contributed by atoms with E-state index in [9.17, 15) is 9.59 Å². The SMILES string of the molecule is CC(C)=CC(=O)c1ccc2[nH]cc(CC(C)(C)C=O)c2c1. The Hall–Kier alpha value is -2.16. The zero-order valence-corrected chi connectivity index (χ0v) is 13.0. The molecule has 3 heteroatoms. The summed E-state index contributed by atoms with van der Waals surface area (Å²) in [7, 11) is 0. The van der Waals surface area contributed by atoms with E-state index < -0.39 is 5.41 Å². The van der Waals surface area contributed by atoms with Crippen molar-refractivity contribution in [3.8, 4) is 0 Å². The van der Waals surface area contributed by atoms with Crippen LogP contribution in [0.3, 0.4) is 0 Å². The third kappa shape index (κ3) is 3.48. The summed E-state index contributed by atoms with van der Waals surface area (Å²) in [5.74, 6) is 0.0127. The van der Waals surface area contributed by atoms with Crippen molar-refractivity contribution in [1.29, 1.82) is 0 Å². The van der Waals surface area contributed by atoms with Crippen LogP contribution in [0.15, 0.2) is 36.0 Å². The fourth-order valence-electron chi connectivity index (χ4n) is 2.36. The van der Waals surface area contributed by atoms with Crippen molar-refractivity contribution in [1.82, 2.24) is 4.98 Å². The van der Waals surface area contributed by atoms with Crippen LogP contribution in [-0.2, 0) is 11.2 Å². The molecule has 0 amide bonds. The van der Waals surface area contributed by atoms with Gasteiger partial charge in [-0.15, -0.1) is 0 Å². The van der Waals surface area contributed by atoms with Crippen LogP contribution < -0.4 is 0 Å². The number of rotatable bonds is 5. The van der Waals surface area contributed by atoms with Crippen molar-refractivity contribution in [3.05, 3.63) is 47.2 Å². The van der Waals surface area contributed by atoms with Gasteiger partial charge < -0.3 is 9.78 Å². The number of aromatic nitrogens is 1. The van der Waals surface area contributed by atoms with E-state index in [1.165, 1.54) is 0 Å². The van der Waals surface area contributed by atoms with Gasteiger partial charge in [0.05, 0.1) is 0 Å². The van der Waals surface area contributed by atoms with Crippen LogP contribution in [0.25, 0.3) is 10.9 Å². The Kier molecular flexibility index (Phi) is 4.12. The third-order valence-electron chi connectivity index (χ3n) is 3.44. The van der Waals surface area contributed by atoms with E-state index in [1.807, 2.05) is 52.1 Å². The predicted molar refractivity (Wildman–Crippen MR) is 85.6 cm³/mol. The molecule has 0 saturated heterocycles. The summed E-state index contributed by atoms with van der Waals surface area (Å²) in [6.07, 6.45) is 5.19. The first-order chi connectivity index (χ1) is 9.82. The Balaban J connectivity index is 2.44. The number of aromatic amines is 1. The van der Waals surface area contributed by atoms with E-state index in [0.717, 1.165) is 28.3 Å². The number of ketones is 1. The van der Waals surface area contributed by atoms with E-state index in [0.29, 0.717) is 12.0 Å². The maximum Gasteiger partial charge on any atom is 0.185 e. The molecule has 21 heavy (non-hydrogen) atoms. The first kappa shape index (κ1) is 15.2. The lowest BCUT2D eigenvalue weighted by Crippen LogP contribution is -2.16. The molecule has 0 atom stereocenters. The topological polar surface area (TPSA) is 49.9 Å². The molecule has 0 unspecified atom stereocenters. The van der Waals surface area contributed by atoms with Crippen molar-refractivity contribution in [2.75, 3.05) is 0 Å². The van der Waals surface area contributed by atoms with Crippen molar-refractivity contribution in [3.63, 3.8) is 0 Å². The minimum Gasteiger partial charge on any atom is -0.361 e. The van der Waals surface area contributed by atoms with E-state index in [4.69, 9.17) is 0 Å². The molecule has 1 aromatic heterocycles. The summed E-state index contributed by atoms with van der Waals surface area (Å²) >= 11 is 0. The van der Waals surface area contributed by atoms with E-state index >= 15 is 0 Å². The Bertz CT molecular complexity index is 716. The van der Waals surface area contributed by atoms with Gasteiger partial charge in [-0.1, -0.05) is 19.4 Å². The second kappa shape index (κ2) is 5.68. The molecule has 0 radical (unpaired) electrons. The van der Waals surface area contributed by atoms with Gasteiger partial charge in [-0.2, -0.15) is 0 Å². The zero-order valence-electron chi connectivity index (χ0n) is 13.0. The largest absolute Gasteiger partial charge is 0.361 e. The van der Waals surface area contributed by atoms with Crippen molar-refractivity contribution >= 4 is 23.0 Å². The smallest absolute Gasteiger partial charge is 0.185 e. The van der Waals surface area contributed by atoms with Gasteiger partial charge in [0.1, 0.15) is 6.29 Å². The molecule has 0 aliphatic heterocycles. The van der Waals surface area contributed by atoms with Crippen LogP contribution >= 0.6 is 0 Å². The number of allylic oxidation sites excluding steroid dienone is 2. The Labute approximate surface area is 125 Å². The second-order valence-electron chi connectivity index (χ2n) is 6.44. The number of aldehydes is 1. The summed E-state index contributed by atoms with van der Waals surface area (Å²) in [4.78, 5) is 26.4. The molecular formula is C18H21NO2. The Morgan fingerprint density at radius 1 is 1.29 bits per heavy atom. The van der Waals surface area contributed by atoms with Gasteiger partial charge in [-0.3, -0.25) is 4.79 Å². The van der Waals surface area contributed by atoms with Crippen LogP contribution in [0, 0.1) is 5.41 Å². The molecule has 0 fully saturated rings. The van der Waals surface area contributed by atoms with Crippen LogP contribution in [-0.4, -0.2) is 17.1 Å². The van der Waals surface area contributed by atoms with Gasteiger partial charge in [-0.25, -0.2) is 0 Å². The lowest BCUT2D eigenvalue weighted by Gasteiger charge is -2.15. The van der Waals surface area contributed by atoms with Crippen LogP contribution in [0.2, 0.25) is 0 Å². The third-order valence-corrected chi connectivity index (χ3v) is 3.44. The lowest BCUT2D eigenvalue weighted by molar-refractivity contribution is -0.114. The number of carbonyl (C=O) groups excluding carboxylic acids is 2. The van der Waals surface area contributed by atoms with Gasteiger partial charge in [0.2, 0.25) is 0 Å². The molecule has 0 spiro atoms. The fourth-order valence-corrected chi connectivity index (χ4v) is 2.36. The molecule has 1 aromatic carbocycles. The van der Waals surface area contributed by atoms with Gasteiger partial charge in [0, 0.05) is 28.1 Å². The number of benzene rings is 1. The van der Waals surface area contributed by atoms with Crippen LogP contribution in [0.5, 0.6) is 0 Å². The number of H-pyrrole nitrogens is 1. The molecule has 2 rings (SSSR count). The number of carbonyl (C=O) groups is 2. The molecular weight excluding hydrogens is 262 g/mol. The van der Waals surface area contributed by atoms with Crippen molar-refractivity contribution < 1.29 is 9.59 Å². The lowest BCUT2D eigenvalue weighted by atomic mass is 9.87. The number of fused-ring (bicyclic) bond motifs is 1. The van der Waals surface area contributed by atoms with E-state index in [-0.39, 0.29) is 5.78 Å². The second-order valence-corrected chi connectivity index (χ2v) is 6.44. The maximum atomic E-state index is 12.1. The van der Waals surface area contributed by atoms with Gasteiger partial charge in [0.15, 0.2) is 5.78 Å². The predicted octanol–water partition coefficient (Wildman–Crippen LogP) is 4.08. The minimum atomic E-state index is -0.408. The normalized spacial score (nSPS) is 11.4. The molecule has 0 bridgehead atoms. The standard InChI is InChI=1S/C18H21NO2/c1-12(2)7-17(21)13-5-6-16-15(8-13)14(10-19-16)9-18(3,4)11-20/h5-8,10-11,19H,9H2,1-4H3. The minimum absolute atomic E-state index is 0.0127. The van der Waals surface area contributed by atoms with Gasteiger partial charge in [0.25, 0.3) is 0 Å². The average molecular weight is 283 g/mol. The van der Waals surface area contributed by atoms with Crippen molar-refractivity contribution in [2.24, 2.45) is 5.41 Å². The van der Waals surface area contributed by atoms with E-state index in [1.54, 1.807) is 6.08 Å². The summed E-state index contributed by atoms with van der Waals surface area (Å²) in [6.45, 7) is 7.64. The molecule has 0 aliphatic carbocycles. The fraction of sp³-hybridized carbons (Fsp3) is 0.333. The molecule has 2 aromatic rings. The molecule has 0 saturated carbocycles. The summed E-state index contributed by atoms with van der Waals surface area (Å²) in [5.41, 5.74) is 3.30. The van der Waals surface area contributed by atoms with Gasteiger partial charge >= 0.3 is 0 Å². The first-order valence-corrected chi connectivity index (χ1v) is 7.08. The number of nitrogens with one attached hydrogen (secondary N) is 1. The maximum absolute atomic E-state index is 12.1. The molecule has 110 valence electrons. The molecule has 3 nitrogen and oxygen atoms in total. The first-order valence-electron chi connectivity index (χ1n) is 7.08. The highest BCUT2D eigenvalue weighted by Gasteiger charge is 2.19. The number of hydrogen-bond donors (Lipinski definition) is 1. The highest BCUT2D eigenvalue weighted by molar-refractivity contribution is 6.07. The highest BCUT2D eigenvalue weighted by atomic mass is 16.1. The Morgan fingerprint density at radius 2 is 2.00 bits per heavy atom. The summed E-state index contributed by atoms with van der Waals surface area (Å²) in [6, 6.07) is 5.65. The number of hydrogen-bond acceptors (Lipinski definition) is 2. The summed E-state index contributed by atoms with van der Waals surface area (Å²) in [5, 5.41) is 1.01. The molecule has 0 aliphatic rings. The summed E-state index contributed by atoms with van der Waals surface area (Å²) < 4.78 is 0. The van der Waals surface area contributed by atoms with Crippen LogP contribution in [0.4, 0.5) is 0 Å². The quantitative estimate of drug-likeness (QED) is 0.510. The van der Waals surface area contributed by atoms with Crippen LogP contribution in [0.1, 0.15) is 43.6 Å². The highest BCUT2D eigenvalue weighted by Crippen LogP contribution is 2.26.